The van der Waals surface area contributed by atoms with Gasteiger partial charge in [0.25, 0.3) is 11.8 Å². The molecule has 2 aromatic carbocycles. The first-order valence-electron chi connectivity index (χ1n) is 11.1. The number of aliphatic hydroxyl groups is 2. The lowest BCUT2D eigenvalue weighted by Gasteiger charge is -2.43. The van der Waals surface area contributed by atoms with Crippen LogP contribution in [0.25, 0.3) is 11.1 Å². The number of carbonyl (C=O) groups excluding carboxylic acids is 2. The highest BCUT2D eigenvalue weighted by Crippen LogP contribution is 2.31. The van der Waals surface area contributed by atoms with Crippen LogP contribution < -0.4 is 10.6 Å². The van der Waals surface area contributed by atoms with Crippen molar-refractivity contribution in [2.75, 3.05) is 27.8 Å². The summed E-state index contributed by atoms with van der Waals surface area (Å²) in [7, 11) is 4.60. The summed E-state index contributed by atoms with van der Waals surface area (Å²) in [5.41, 5.74) is 3.26. The van der Waals surface area contributed by atoms with E-state index in [1.807, 2.05) is 24.3 Å². The van der Waals surface area contributed by atoms with Crippen molar-refractivity contribution in [1.82, 2.24) is 10.6 Å². The number of hydrogen-bond acceptors (Lipinski definition) is 6. The Morgan fingerprint density at radius 1 is 1.03 bits per heavy atom. The molecule has 4 N–H and O–H groups in total. The predicted molar refractivity (Wildman–Crippen MR) is 129 cm³/mol. The Morgan fingerprint density at radius 3 is 2.09 bits per heavy atom. The van der Waals surface area contributed by atoms with Gasteiger partial charge in [-0.3, -0.25) is 9.59 Å². The van der Waals surface area contributed by atoms with Crippen molar-refractivity contribution in [3.05, 3.63) is 71.8 Å². The van der Waals surface area contributed by atoms with Gasteiger partial charge >= 0.3 is 0 Å². The van der Waals surface area contributed by atoms with Crippen molar-refractivity contribution in [2.45, 2.75) is 30.8 Å². The van der Waals surface area contributed by atoms with Crippen molar-refractivity contribution in [2.24, 2.45) is 5.92 Å². The number of hydrogen-bond donors (Lipinski definition) is 4. The molecule has 8 nitrogen and oxygen atoms in total. The SMILES string of the molecule is C=CC1C(CO)OC(Cc2ccc(-c3cc(C(=O)NC)cc(C(=O)NC)c3)cc2)C(O)C1OC. The number of carbonyl (C=O) groups is 2. The zero-order chi connectivity index (χ0) is 24.8. The number of benzene rings is 2. The van der Waals surface area contributed by atoms with Gasteiger partial charge in [0.2, 0.25) is 0 Å². The summed E-state index contributed by atoms with van der Waals surface area (Å²) in [6.45, 7) is 3.57. The van der Waals surface area contributed by atoms with Crippen LogP contribution in [-0.4, -0.2) is 74.3 Å². The lowest BCUT2D eigenvalue weighted by Crippen LogP contribution is -2.56. The van der Waals surface area contributed by atoms with Crippen LogP contribution in [0.3, 0.4) is 0 Å². The number of amides is 2. The summed E-state index contributed by atoms with van der Waals surface area (Å²) in [4.78, 5) is 24.4. The van der Waals surface area contributed by atoms with E-state index in [0.29, 0.717) is 17.5 Å². The minimum Gasteiger partial charge on any atom is -0.394 e. The Hall–Kier alpha value is -3.04. The number of nitrogens with one attached hydrogen (secondary N) is 2. The number of methoxy groups -OCH3 is 1. The summed E-state index contributed by atoms with van der Waals surface area (Å²) in [5, 5.41) is 25.7. The molecule has 1 aliphatic rings. The van der Waals surface area contributed by atoms with E-state index in [0.717, 1.165) is 16.7 Å². The summed E-state index contributed by atoms with van der Waals surface area (Å²) < 4.78 is 11.5. The van der Waals surface area contributed by atoms with E-state index >= 15 is 0 Å². The second kappa shape index (κ2) is 11.4. The van der Waals surface area contributed by atoms with Crippen LogP contribution in [0.2, 0.25) is 0 Å². The fourth-order valence-corrected chi connectivity index (χ4v) is 4.37. The van der Waals surface area contributed by atoms with Crippen molar-refractivity contribution in [3.63, 3.8) is 0 Å². The molecule has 0 aliphatic carbocycles. The van der Waals surface area contributed by atoms with E-state index in [1.54, 1.807) is 24.3 Å². The first-order chi connectivity index (χ1) is 16.4. The normalized spacial score (nSPS) is 24.3. The lowest BCUT2D eigenvalue weighted by molar-refractivity contribution is -0.204. The van der Waals surface area contributed by atoms with Gasteiger partial charge in [-0.1, -0.05) is 30.3 Å². The van der Waals surface area contributed by atoms with Gasteiger partial charge in [-0.05, 0) is 34.9 Å². The number of rotatable bonds is 8. The van der Waals surface area contributed by atoms with Gasteiger partial charge in [0.05, 0.1) is 24.9 Å². The molecule has 1 aliphatic heterocycles. The number of ether oxygens (including phenoxy) is 2. The van der Waals surface area contributed by atoms with E-state index in [9.17, 15) is 19.8 Å². The zero-order valence-electron chi connectivity index (χ0n) is 19.7. The highest BCUT2D eigenvalue weighted by molar-refractivity contribution is 6.01. The highest BCUT2D eigenvalue weighted by Gasteiger charge is 2.43. The third kappa shape index (κ3) is 5.37. The summed E-state index contributed by atoms with van der Waals surface area (Å²) in [5.74, 6) is -0.877. The highest BCUT2D eigenvalue weighted by atomic mass is 16.5. The smallest absolute Gasteiger partial charge is 0.251 e. The van der Waals surface area contributed by atoms with E-state index in [4.69, 9.17) is 9.47 Å². The molecule has 0 saturated carbocycles. The topological polar surface area (TPSA) is 117 Å². The maximum Gasteiger partial charge on any atom is 0.251 e. The summed E-state index contributed by atoms with van der Waals surface area (Å²) >= 11 is 0. The standard InChI is InChI=1S/C26H32N2O6/c1-5-20-22(14-29)34-21(23(30)24(20)33-4)10-15-6-8-16(9-7-15)17-11-18(25(31)27-2)13-19(12-17)26(32)28-3/h5-9,11-13,20-24,29-30H,1,10,14H2,2-4H3,(H,27,31)(H,28,32). The maximum absolute atomic E-state index is 12.2. The average Bonchev–Trinajstić information content (AvgIpc) is 2.88. The molecule has 0 aromatic heterocycles. The molecule has 5 atom stereocenters. The van der Waals surface area contributed by atoms with Crippen molar-refractivity contribution >= 4 is 11.8 Å². The molecule has 1 fully saturated rings. The fourth-order valence-electron chi connectivity index (χ4n) is 4.37. The fraction of sp³-hybridized carbons (Fsp3) is 0.385. The Kier molecular flexibility index (Phi) is 8.57. The Balaban J connectivity index is 1.84. The van der Waals surface area contributed by atoms with Crippen LogP contribution >= 0.6 is 0 Å². The van der Waals surface area contributed by atoms with Crippen molar-refractivity contribution < 1.29 is 29.3 Å². The van der Waals surface area contributed by atoms with E-state index in [1.165, 1.54) is 21.2 Å². The zero-order valence-corrected chi connectivity index (χ0v) is 19.7. The minimum atomic E-state index is -0.880. The molecule has 0 spiro atoms. The van der Waals surface area contributed by atoms with Gasteiger partial charge in [0.1, 0.15) is 6.10 Å². The molecule has 0 radical (unpaired) electrons. The van der Waals surface area contributed by atoms with Gasteiger partial charge in [-0.15, -0.1) is 6.58 Å². The Morgan fingerprint density at radius 2 is 1.62 bits per heavy atom. The molecule has 1 heterocycles. The van der Waals surface area contributed by atoms with Crippen molar-refractivity contribution in [1.29, 1.82) is 0 Å². The van der Waals surface area contributed by atoms with Crippen molar-refractivity contribution in [3.8, 4) is 11.1 Å². The summed E-state index contributed by atoms with van der Waals surface area (Å²) in [6, 6.07) is 12.6. The second-order valence-corrected chi connectivity index (χ2v) is 8.26. The van der Waals surface area contributed by atoms with E-state index in [-0.39, 0.29) is 24.3 Å². The average molecular weight is 469 g/mol. The minimum absolute atomic E-state index is 0.200. The number of aliphatic hydroxyl groups excluding tert-OH is 2. The Bertz CT molecular complexity index is 988. The molecular weight excluding hydrogens is 436 g/mol. The molecule has 8 heteroatoms. The maximum atomic E-state index is 12.2. The second-order valence-electron chi connectivity index (χ2n) is 8.26. The molecule has 2 amide bonds. The van der Waals surface area contributed by atoms with E-state index in [2.05, 4.69) is 17.2 Å². The van der Waals surface area contributed by atoms with Crippen LogP contribution in [0, 0.1) is 5.92 Å². The molecule has 3 rings (SSSR count). The quantitative estimate of drug-likeness (QED) is 0.437. The molecular formula is C26H32N2O6. The van der Waals surface area contributed by atoms with Crippen LogP contribution in [0.15, 0.2) is 55.1 Å². The van der Waals surface area contributed by atoms with Crippen LogP contribution in [0.4, 0.5) is 0 Å². The molecule has 0 bridgehead atoms. The molecule has 34 heavy (non-hydrogen) atoms. The van der Waals surface area contributed by atoms with Gasteiger partial charge in [0.15, 0.2) is 0 Å². The van der Waals surface area contributed by atoms with Gasteiger partial charge in [-0.2, -0.15) is 0 Å². The monoisotopic (exact) mass is 468 g/mol. The van der Waals surface area contributed by atoms with Crippen LogP contribution in [0.1, 0.15) is 26.3 Å². The van der Waals surface area contributed by atoms with Crippen LogP contribution in [-0.2, 0) is 15.9 Å². The molecule has 5 unspecified atom stereocenters. The molecule has 1 saturated heterocycles. The predicted octanol–water partition coefficient (Wildman–Crippen LogP) is 1.55. The third-order valence-electron chi connectivity index (χ3n) is 6.24. The first-order valence-corrected chi connectivity index (χ1v) is 11.1. The van der Waals surface area contributed by atoms with Gasteiger partial charge < -0.3 is 30.3 Å². The first kappa shape index (κ1) is 25.6. The lowest BCUT2D eigenvalue weighted by atomic mass is 9.85. The molecule has 2 aromatic rings. The van der Waals surface area contributed by atoms with Gasteiger partial charge in [0, 0.05) is 44.7 Å². The van der Waals surface area contributed by atoms with Crippen LogP contribution in [0.5, 0.6) is 0 Å². The molecule has 182 valence electrons. The third-order valence-corrected chi connectivity index (χ3v) is 6.24. The summed E-state index contributed by atoms with van der Waals surface area (Å²) in [6.07, 6.45) is -0.406. The largest absolute Gasteiger partial charge is 0.394 e. The van der Waals surface area contributed by atoms with E-state index < -0.39 is 24.4 Å². The van der Waals surface area contributed by atoms with Gasteiger partial charge in [-0.25, -0.2) is 0 Å². The Labute approximate surface area is 199 Å².